The zero-order valence-electron chi connectivity index (χ0n) is 28.1. The lowest BCUT2D eigenvalue weighted by atomic mass is 9.87. The van der Waals surface area contributed by atoms with Crippen molar-refractivity contribution in [2.45, 2.75) is 55.4 Å². The van der Waals surface area contributed by atoms with Gasteiger partial charge in [0.25, 0.3) is 0 Å². The van der Waals surface area contributed by atoms with Crippen molar-refractivity contribution >= 4 is 86.7 Å². The van der Waals surface area contributed by atoms with Crippen LogP contribution in [0.2, 0.25) is 0 Å². The van der Waals surface area contributed by atoms with Crippen molar-refractivity contribution in [3.63, 3.8) is 0 Å². The van der Waals surface area contributed by atoms with E-state index in [1.54, 1.807) is 0 Å². The molecule has 0 amide bonds. The second-order valence-electron chi connectivity index (χ2n) is 10.1. The third-order valence-electron chi connectivity index (χ3n) is 8.25. The molecule has 4 nitrogen and oxygen atoms in total. The number of aromatic amines is 2. The van der Waals surface area contributed by atoms with Gasteiger partial charge < -0.3 is 9.97 Å². The van der Waals surface area contributed by atoms with E-state index in [1.165, 1.54) is 0 Å². The van der Waals surface area contributed by atoms with E-state index in [9.17, 15) is 9.59 Å². The van der Waals surface area contributed by atoms with Crippen molar-refractivity contribution in [2.75, 3.05) is 0 Å². The number of para-hydroxylation sites is 2. The Hall–Kier alpha value is -5.22. The maximum atomic E-state index is 14.3. The molecule has 2 N–H and O–H groups in total. The van der Waals surface area contributed by atoms with Gasteiger partial charge in [0, 0.05) is 54.1 Å². The molecule has 0 aliphatic carbocycles. The fraction of sp³-hybridized carbons (Fsp3) is 0.190. The van der Waals surface area contributed by atoms with Gasteiger partial charge in [-0.05, 0) is 22.9 Å². The Kier molecular flexibility index (Phi) is 9.39. The number of hydrogen-bond donors (Lipinski definition) is 2. The molecule has 0 atom stereocenters. The molecule has 4 heteroatoms. The number of hydrogen-bond acceptors (Lipinski definition) is 2. The molecule has 2 heterocycles. The van der Waals surface area contributed by atoms with Gasteiger partial charge in [0.05, 0.1) is 21.8 Å². The Balaban J connectivity index is 0.000000487. The molecule has 2 aromatic heterocycles. The van der Waals surface area contributed by atoms with Crippen LogP contribution in [0.4, 0.5) is 0 Å². The van der Waals surface area contributed by atoms with E-state index < -0.39 is 0 Å². The van der Waals surface area contributed by atoms with Gasteiger partial charge in [-0.1, -0.05) is 140 Å². The molecule has 232 valence electrons. The largest absolute Gasteiger partial charge is 0.354 e. The summed E-state index contributed by atoms with van der Waals surface area (Å²) in [6.45, 7) is 16.0. The first-order chi connectivity index (χ1) is 22.7. The monoisotopic (exact) mass is 606 g/mol. The van der Waals surface area contributed by atoms with Crippen molar-refractivity contribution in [1.29, 1.82) is 0 Å². The molecule has 0 spiro atoms. The van der Waals surface area contributed by atoms with Crippen LogP contribution in [0, 0.1) is 0 Å². The highest BCUT2D eigenvalue weighted by atomic mass is 16.1. The lowest BCUT2D eigenvalue weighted by Gasteiger charge is -2.19. The number of benzene rings is 7. The zero-order valence-corrected chi connectivity index (χ0v) is 28.1. The Morgan fingerprint density at radius 1 is 0.326 bits per heavy atom. The Labute approximate surface area is 269 Å². The van der Waals surface area contributed by atoms with Gasteiger partial charge in [0.1, 0.15) is 0 Å². The summed E-state index contributed by atoms with van der Waals surface area (Å²) >= 11 is 0. The molecular weight excluding hydrogens is 564 g/mol. The molecule has 0 aliphatic rings. The number of nitrogens with one attached hydrogen (secondary N) is 2. The van der Waals surface area contributed by atoms with Crippen LogP contribution < -0.4 is 10.9 Å². The van der Waals surface area contributed by atoms with Crippen molar-refractivity contribution in [3.8, 4) is 0 Å². The quantitative estimate of drug-likeness (QED) is 0.133. The smallest absolute Gasteiger partial charge is 0.196 e. The van der Waals surface area contributed by atoms with Crippen LogP contribution in [-0.2, 0) is 0 Å². The summed E-state index contributed by atoms with van der Waals surface area (Å²) in [6, 6.07) is 31.9. The van der Waals surface area contributed by atoms with Gasteiger partial charge in [0.2, 0.25) is 0 Å². The molecule has 9 rings (SSSR count). The summed E-state index contributed by atoms with van der Waals surface area (Å²) in [6.07, 6.45) is 0. The molecule has 0 saturated heterocycles. The molecule has 46 heavy (non-hydrogen) atoms. The summed E-state index contributed by atoms with van der Waals surface area (Å²) in [5, 5.41) is 10.0. The predicted octanol–water partition coefficient (Wildman–Crippen LogP) is 11.8. The first kappa shape index (κ1) is 32.2. The minimum atomic E-state index is -0.0304. The van der Waals surface area contributed by atoms with Crippen molar-refractivity contribution < 1.29 is 0 Å². The molecule has 0 aliphatic heterocycles. The molecule has 0 radical (unpaired) electrons. The van der Waals surface area contributed by atoms with Crippen molar-refractivity contribution in [1.82, 2.24) is 9.97 Å². The van der Waals surface area contributed by atoms with Gasteiger partial charge in [-0.15, -0.1) is 0 Å². The number of fused-ring (bicyclic) bond motifs is 10. The minimum Gasteiger partial charge on any atom is -0.354 e. The fourth-order valence-electron chi connectivity index (χ4n) is 6.74. The van der Waals surface area contributed by atoms with Gasteiger partial charge in [-0.25, -0.2) is 0 Å². The normalized spacial score (nSPS) is 10.8. The van der Waals surface area contributed by atoms with E-state index >= 15 is 0 Å². The van der Waals surface area contributed by atoms with E-state index in [1.807, 2.05) is 140 Å². The fourth-order valence-corrected chi connectivity index (χ4v) is 6.74. The minimum absolute atomic E-state index is 0.0304. The summed E-state index contributed by atoms with van der Waals surface area (Å²) in [5.41, 5.74) is 3.23. The average molecular weight is 607 g/mol. The van der Waals surface area contributed by atoms with Crippen molar-refractivity contribution in [3.05, 3.63) is 118 Å². The highest BCUT2D eigenvalue weighted by Crippen LogP contribution is 2.44. The predicted molar refractivity (Wildman–Crippen MR) is 204 cm³/mol. The summed E-state index contributed by atoms with van der Waals surface area (Å²) in [5.74, 6) is 0. The highest BCUT2D eigenvalue weighted by Gasteiger charge is 2.24. The first-order valence-electron chi connectivity index (χ1n) is 16.7. The second kappa shape index (κ2) is 13.4. The Morgan fingerprint density at radius 3 is 0.957 bits per heavy atom. The van der Waals surface area contributed by atoms with Crippen LogP contribution in [0.3, 0.4) is 0 Å². The molecule has 7 aromatic carbocycles. The van der Waals surface area contributed by atoms with Crippen molar-refractivity contribution in [2.24, 2.45) is 0 Å². The SMILES string of the molecule is CC.CC.CC.CC.O=c1c2ccccc2c2c3ccccc3[nH]c3c4c(=O)c5ccccc5c5c6ccccc6[nH]c(c1c32)c45. The maximum Gasteiger partial charge on any atom is 0.196 e. The maximum absolute atomic E-state index is 14.3. The summed E-state index contributed by atoms with van der Waals surface area (Å²) < 4.78 is 0. The molecule has 9 aromatic rings. The number of pyridine rings is 2. The van der Waals surface area contributed by atoms with E-state index in [0.29, 0.717) is 32.6 Å². The highest BCUT2D eigenvalue weighted by molar-refractivity contribution is 6.42. The third-order valence-corrected chi connectivity index (χ3v) is 8.25. The molecular formula is C42H42N2O2. The van der Waals surface area contributed by atoms with Gasteiger partial charge in [0.15, 0.2) is 10.9 Å². The second-order valence-corrected chi connectivity index (χ2v) is 10.1. The van der Waals surface area contributed by atoms with Crippen LogP contribution in [0.15, 0.2) is 107 Å². The Bertz CT molecular complexity index is 2430. The topological polar surface area (TPSA) is 65.7 Å². The summed E-state index contributed by atoms with van der Waals surface area (Å²) in [4.78, 5) is 35.8. The van der Waals surface area contributed by atoms with Crippen LogP contribution in [-0.4, -0.2) is 9.97 Å². The van der Waals surface area contributed by atoms with Gasteiger partial charge >= 0.3 is 0 Å². The molecule has 0 saturated carbocycles. The van der Waals surface area contributed by atoms with E-state index in [0.717, 1.165) is 54.1 Å². The third kappa shape index (κ3) is 4.51. The number of aromatic nitrogens is 2. The Morgan fingerprint density at radius 2 is 0.609 bits per heavy atom. The number of rotatable bonds is 0. The summed E-state index contributed by atoms with van der Waals surface area (Å²) in [7, 11) is 0. The van der Waals surface area contributed by atoms with E-state index in [-0.39, 0.29) is 10.9 Å². The van der Waals surface area contributed by atoms with Gasteiger partial charge in [-0.3, -0.25) is 9.59 Å². The average Bonchev–Trinajstić information content (AvgIpc) is 3.14. The lowest BCUT2D eigenvalue weighted by molar-refractivity contribution is 1.50. The van der Waals surface area contributed by atoms with Crippen LogP contribution in [0.25, 0.3) is 86.7 Å². The van der Waals surface area contributed by atoms with Gasteiger partial charge in [-0.2, -0.15) is 0 Å². The molecule has 0 fully saturated rings. The first-order valence-corrected chi connectivity index (χ1v) is 16.7. The zero-order chi connectivity index (χ0) is 33.1. The standard InChI is InChI=1S/C34H18N2O2.4C2H6/c37-33-19-11-3-1-9-17(19)25-21-13-5-7-15-23(21)35-31-27(25)29(33)32-28-26(22-14-6-8-16-24(22)36-32)18-10-2-4-12-20(18)34(38)30(28)31;4*1-2/h1-16,35-36H;4*1-2H3. The van der Waals surface area contributed by atoms with E-state index in [4.69, 9.17) is 0 Å². The van der Waals surface area contributed by atoms with Crippen LogP contribution >= 0.6 is 0 Å². The molecule has 0 unspecified atom stereocenters. The molecule has 0 bridgehead atoms. The van der Waals surface area contributed by atoms with Crippen LogP contribution in [0.5, 0.6) is 0 Å². The van der Waals surface area contributed by atoms with Crippen LogP contribution in [0.1, 0.15) is 55.4 Å². The number of H-pyrrole nitrogens is 2. The van der Waals surface area contributed by atoms with E-state index in [2.05, 4.69) is 22.1 Å². The lowest BCUT2D eigenvalue weighted by Crippen LogP contribution is -2.11.